The third-order valence-electron chi connectivity index (χ3n) is 1.51. The fourth-order valence-corrected chi connectivity index (χ4v) is 1.30. The molecular weight excluding hydrogens is 220 g/mol. The zero-order valence-electron chi connectivity index (χ0n) is 6.47. The lowest BCUT2D eigenvalue weighted by atomic mass is 10.4. The Morgan fingerprint density at radius 1 is 1.58 bits per heavy atom. The van der Waals surface area contributed by atoms with Crippen LogP contribution in [0.3, 0.4) is 0 Å². The minimum absolute atomic E-state index is 0.623. The van der Waals surface area contributed by atoms with Gasteiger partial charge in [0.25, 0.3) is 0 Å². The molecule has 1 N–H and O–H groups in total. The SMILES string of the molecule is CC1=CNc2cc(Br)cnc2O1. The van der Waals surface area contributed by atoms with Gasteiger partial charge in [0, 0.05) is 16.9 Å². The van der Waals surface area contributed by atoms with Gasteiger partial charge in [-0.3, -0.25) is 0 Å². The number of aromatic nitrogens is 1. The average molecular weight is 227 g/mol. The van der Waals surface area contributed by atoms with Crippen molar-refractivity contribution in [1.29, 1.82) is 0 Å². The molecule has 0 amide bonds. The van der Waals surface area contributed by atoms with Gasteiger partial charge in [0.15, 0.2) is 0 Å². The topological polar surface area (TPSA) is 34.2 Å². The lowest BCUT2D eigenvalue weighted by Gasteiger charge is -2.15. The Morgan fingerprint density at radius 3 is 3.25 bits per heavy atom. The number of allylic oxidation sites excluding steroid dienone is 1. The number of nitrogens with zero attached hydrogens (tertiary/aromatic N) is 1. The second-order valence-electron chi connectivity index (χ2n) is 2.51. The highest BCUT2D eigenvalue weighted by molar-refractivity contribution is 9.10. The molecular formula is C8H7BrN2O. The molecule has 3 nitrogen and oxygen atoms in total. The Hall–Kier alpha value is -1.03. The Morgan fingerprint density at radius 2 is 2.42 bits per heavy atom. The molecule has 0 spiro atoms. The van der Waals surface area contributed by atoms with Crippen molar-refractivity contribution < 1.29 is 4.74 Å². The van der Waals surface area contributed by atoms with Crippen molar-refractivity contribution in [3.8, 4) is 5.88 Å². The number of hydrogen-bond acceptors (Lipinski definition) is 3. The maximum Gasteiger partial charge on any atom is 0.242 e. The molecule has 1 aromatic heterocycles. The second kappa shape index (κ2) is 2.79. The molecule has 0 radical (unpaired) electrons. The molecule has 0 aromatic carbocycles. The van der Waals surface area contributed by atoms with Crippen LogP contribution in [0.5, 0.6) is 5.88 Å². The summed E-state index contributed by atoms with van der Waals surface area (Å²) in [5.41, 5.74) is 0.884. The summed E-state index contributed by atoms with van der Waals surface area (Å²) >= 11 is 3.33. The molecule has 0 bridgehead atoms. The van der Waals surface area contributed by atoms with Crippen molar-refractivity contribution in [2.45, 2.75) is 6.92 Å². The van der Waals surface area contributed by atoms with Gasteiger partial charge in [-0.1, -0.05) is 0 Å². The van der Waals surface area contributed by atoms with E-state index < -0.39 is 0 Å². The first-order valence-electron chi connectivity index (χ1n) is 3.52. The van der Waals surface area contributed by atoms with E-state index in [1.54, 1.807) is 12.4 Å². The summed E-state index contributed by atoms with van der Waals surface area (Å²) in [6, 6.07) is 1.92. The summed E-state index contributed by atoms with van der Waals surface area (Å²) in [6.07, 6.45) is 3.51. The Balaban J connectivity index is 2.43. The smallest absolute Gasteiger partial charge is 0.242 e. The number of anilines is 1. The minimum atomic E-state index is 0.623. The van der Waals surface area contributed by atoms with Gasteiger partial charge in [-0.2, -0.15) is 0 Å². The van der Waals surface area contributed by atoms with Gasteiger partial charge in [0.05, 0.1) is 0 Å². The van der Waals surface area contributed by atoms with Crippen LogP contribution in [0.15, 0.2) is 28.7 Å². The molecule has 1 aliphatic rings. The number of pyridine rings is 1. The lowest BCUT2D eigenvalue weighted by Crippen LogP contribution is -2.05. The van der Waals surface area contributed by atoms with Gasteiger partial charge >= 0.3 is 0 Å². The number of nitrogens with one attached hydrogen (secondary N) is 1. The first kappa shape index (κ1) is 7.61. The number of rotatable bonds is 0. The van der Waals surface area contributed by atoms with Crippen molar-refractivity contribution in [3.05, 3.63) is 28.7 Å². The second-order valence-corrected chi connectivity index (χ2v) is 3.42. The molecule has 0 saturated carbocycles. The van der Waals surface area contributed by atoms with Crippen LogP contribution in [0.2, 0.25) is 0 Å². The maximum atomic E-state index is 5.35. The Bertz CT molecular complexity index is 349. The van der Waals surface area contributed by atoms with Gasteiger partial charge in [-0.05, 0) is 28.9 Å². The number of ether oxygens (including phenoxy) is 1. The summed E-state index contributed by atoms with van der Waals surface area (Å²) < 4.78 is 6.29. The summed E-state index contributed by atoms with van der Waals surface area (Å²) in [5, 5.41) is 3.07. The van der Waals surface area contributed by atoms with Crippen LogP contribution >= 0.6 is 15.9 Å². The third-order valence-corrected chi connectivity index (χ3v) is 1.94. The fourth-order valence-electron chi connectivity index (χ4n) is 0.973. The highest BCUT2D eigenvalue weighted by atomic mass is 79.9. The van der Waals surface area contributed by atoms with E-state index in [-0.39, 0.29) is 0 Å². The van der Waals surface area contributed by atoms with E-state index in [2.05, 4.69) is 26.2 Å². The minimum Gasteiger partial charge on any atom is -0.440 e. The Kier molecular flexibility index (Phi) is 1.77. The van der Waals surface area contributed by atoms with E-state index in [1.165, 1.54) is 0 Å². The van der Waals surface area contributed by atoms with Gasteiger partial charge < -0.3 is 10.1 Å². The van der Waals surface area contributed by atoms with E-state index in [9.17, 15) is 0 Å². The van der Waals surface area contributed by atoms with Gasteiger partial charge in [-0.25, -0.2) is 4.98 Å². The molecule has 2 heterocycles. The molecule has 2 rings (SSSR count). The van der Waals surface area contributed by atoms with E-state index in [4.69, 9.17) is 4.74 Å². The predicted octanol–water partition coefficient (Wildman–Crippen LogP) is 2.51. The van der Waals surface area contributed by atoms with Crippen molar-refractivity contribution in [2.75, 3.05) is 5.32 Å². The largest absolute Gasteiger partial charge is 0.440 e. The Labute approximate surface area is 78.6 Å². The fraction of sp³-hybridized carbons (Fsp3) is 0.125. The van der Waals surface area contributed by atoms with Crippen LogP contribution in [0, 0.1) is 0 Å². The number of halogens is 1. The quantitative estimate of drug-likeness (QED) is 0.739. The molecule has 0 unspecified atom stereocenters. The molecule has 62 valence electrons. The van der Waals surface area contributed by atoms with Crippen LogP contribution < -0.4 is 10.1 Å². The third kappa shape index (κ3) is 1.30. The summed E-state index contributed by atoms with van der Waals surface area (Å²) in [7, 11) is 0. The van der Waals surface area contributed by atoms with Crippen LogP contribution in [-0.4, -0.2) is 4.98 Å². The molecule has 0 saturated heterocycles. The maximum absolute atomic E-state index is 5.35. The van der Waals surface area contributed by atoms with Crippen molar-refractivity contribution in [3.63, 3.8) is 0 Å². The first-order valence-corrected chi connectivity index (χ1v) is 4.32. The molecule has 0 fully saturated rings. The van der Waals surface area contributed by atoms with Crippen molar-refractivity contribution >= 4 is 21.6 Å². The molecule has 1 aromatic rings. The zero-order chi connectivity index (χ0) is 8.55. The molecule has 4 heteroatoms. The van der Waals surface area contributed by atoms with Crippen LogP contribution in [-0.2, 0) is 0 Å². The summed E-state index contributed by atoms with van der Waals surface area (Å²) in [6.45, 7) is 1.87. The summed E-state index contributed by atoms with van der Waals surface area (Å²) in [4.78, 5) is 4.10. The monoisotopic (exact) mass is 226 g/mol. The molecule has 1 aliphatic heterocycles. The van der Waals surface area contributed by atoms with E-state index >= 15 is 0 Å². The van der Waals surface area contributed by atoms with Crippen LogP contribution in [0.1, 0.15) is 6.92 Å². The zero-order valence-corrected chi connectivity index (χ0v) is 8.05. The van der Waals surface area contributed by atoms with Crippen molar-refractivity contribution in [2.24, 2.45) is 0 Å². The van der Waals surface area contributed by atoms with E-state index in [0.29, 0.717) is 5.88 Å². The van der Waals surface area contributed by atoms with E-state index in [0.717, 1.165) is 15.9 Å². The lowest BCUT2D eigenvalue weighted by molar-refractivity contribution is 0.406. The number of hydrogen-bond donors (Lipinski definition) is 1. The van der Waals surface area contributed by atoms with Crippen LogP contribution in [0.4, 0.5) is 5.69 Å². The normalized spacial score (nSPS) is 14.0. The van der Waals surface area contributed by atoms with Crippen LogP contribution in [0.25, 0.3) is 0 Å². The van der Waals surface area contributed by atoms with E-state index in [1.807, 2.05) is 13.0 Å². The first-order chi connectivity index (χ1) is 5.75. The summed E-state index contributed by atoms with van der Waals surface area (Å²) in [5.74, 6) is 1.44. The highest BCUT2D eigenvalue weighted by Gasteiger charge is 2.10. The standard InChI is InChI=1S/C8H7BrN2O/c1-5-3-10-7-2-6(9)4-11-8(7)12-5/h2-4,10H,1H3. The molecule has 12 heavy (non-hydrogen) atoms. The average Bonchev–Trinajstić information content (AvgIpc) is 2.05. The van der Waals surface area contributed by atoms with Gasteiger partial charge in [0.1, 0.15) is 11.4 Å². The highest BCUT2D eigenvalue weighted by Crippen LogP contribution is 2.29. The van der Waals surface area contributed by atoms with Gasteiger partial charge in [-0.15, -0.1) is 0 Å². The number of fused-ring (bicyclic) bond motifs is 1. The molecule has 0 aliphatic carbocycles. The molecule has 0 atom stereocenters. The van der Waals surface area contributed by atoms with Gasteiger partial charge in [0.2, 0.25) is 5.88 Å². The predicted molar refractivity (Wildman–Crippen MR) is 49.9 cm³/mol. The van der Waals surface area contributed by atoms with Crippen molar-refractivity contribution in [1.82, 2.24) is 4.98 Å².